The van der Waals surface area contributed by atoms with Crippen molar-refractivity contribution in [1.29, 1.82) is 0 Å². The number of ketones is 2. The number of Topliss-reactive ketones (excluding diaryl/α,β-unsaturated/α-hetero) is 2. The molecule has 1 fully saturated rings. The summed E-state index contributed by atoms with van der Waals surface area (Å²) in [4.78, 5) is 22.0. The van der Waals surface area contributed by atoms with Crippen molar-refractivity contribution in [2.45, 2.75) is 24.9 Å². The zero-order valence-corrected chi connectivity index (χ0v) is 6.93. The van der Waals surface area contributed by atoms with Gasteiger partial charge in [-0.05, 0) is 6.92 Å². The van der Waals surface area contributed by atoms with Gasteiger partial charge in [0.1, 0.15) is 6.10 Å². The maximum Gasteiger partial charge on any atom is 0.259 e. The van der Waals surface area contributed by atoms with Gasteiger partial charge in [-0.2, -0.15) is 0 Å². The lowest BCUT2D eigenvalue weighted by Crippen LogP contribution is -2.35. The first-order chi connectivity index (χ1) is 5.90. The third-order valence-corrected chi connectivity index (χ3v) is 1.80. The molecule has 1 saturated heterocycles. The van der Waals surface area contributed by atoms with Gasteiger partial charge in [0.15, 0.2) is 6.10 Å². The van der Waals surface area contributed by atoms with Crippen molar-refractivity contribution in [2.75, 3.05) is 6.61 Å². The van der Waals surface area contributed by atoms with E-state index in [4.69, 9.17) is 15.3 Å². The Bertz CT molecular complexity index is 245. The molecule has 0 spiro atoms. The molecule has 0 aromatic heterocycles. The summed E-state index contributed by atoms with van der Waals surface area (Å²) in [5.41, 5.74) is 0. The monoisotopic (exact) mass is 190 g/mol. The lowest BCUT2D eigenvalue weighted by atomic mass is 10.1. The van der Waals surface area contributed by atoms with Crippen molar-refractivity contribution in [3.8, 4) is 0 Å². The Morgan fingerprint density at radius 2 is 2.15 bits per heavy atom. The van der Waals surface area contributed by atoms with Crippen molar-refractivity contribution < 1.29 is 29.6 Å². The molecular formula is C7H10O6. The molecule has 1 rings (SSSR count). The smallest absolute Gasteiger partial charge is 0.259 e. The minimum Gasteiger partial charge on any atom is -0.394 e. The predicted molar refractivity (Wildman–Crippen MR) is 38.6 cm³/mol. The van der Waals surface area contributed by atoms with Crippen molar-refractivity contribution in [3.63, 3.8) is 0 Å². The van der Waals surface area contributed by atoms with Gasteiger partial charge in [-0.3, -0.25) is 9.59 Å². The summed E-state index contributed by atoms with van der Waals surface area (Å²) in [6.07, 6.45) is -2.95. The van der Waals surface area contributed by atoms with Crippen LogP contribution in [-0.4, -0.2) is 51.5 Å². The zero-order valence-electron chi connectivity index (χ0n) is 6.93. The topological polar surface area (TPSA) is 104 Å². The summed E-state index contributed by atoms with van der Waals surface area (Å²) in [5.74, 6) is -4.31. The Hall–Kier alpha value is -0.820. The number of carbonyl (C=O) groups is 2. The van der Waals surface area contributed by atoms with Crippen molar-refractivity contribution in [1.82, 2.24) is 0 Å². The summed E-state index contributed by atoms with van der Waals surface area (Å²) >= 11 is 0. The van der Waals surface area contributed by atoms with E-state index in [1.165, 1.54) is 0 Å². The molecule has 3 unspecified atom stereocenters. The second-order valence-corrected chi connectivity index (χ2v) is 2.96. The van der Waals surface area contributed by atoms with Crippen LogP contribution in [-0.2, 0) is 14.3 Å². The molecule has 0 aromatic carbocycles. The van der Waals surface area contributed by atoms with Crippen LogP contribution in [0.3, 0.4) is 0 Å². The fourth-order valence-corrected chi connectivity index (χ4v) is 1.06. The first-order valence-corrected chi connectivity index (χ1v) is 3.68. The minimum absolute atomic E-state index is 0.709. The van der Waals surface area contributed by atoms with Crippen LogP contribution in [0.4, 0.5) is 0 Å². The van der Waals surface area contributed by atoms with E-state index in [-0.39, 0.29) is 0 Å². The molecule has 13 heavy (non-hydrogen) atoms. The normalized spacial score (nSPS) is 36.8. The summed E-state index contributed by atoms with van der Waals surface area (Å²) < 4.78 is 4.57. The average molecular weight is 190 g/mol. The molecule has 1 aliphatic rings. The Kier molecular flexibility index (Phi) is 2.49. The first kappa shape index (κ1) is 10.3. The highest BCUT2D eigenvalue weighted by atomic mass is 16.7. The second kappa shape index (κ2) is 3.15. The van der Waals surface area contributed by atoms with Crippen molar-refractivity contribution in [3.05, 3.63) is 0 Å². The van der Waals surface area contributed by atoms with Gasteiger partial charge < -0.3 is 20.1 Å². The van der Waals surface area contributed by atoms with Crippen LogP contribution in [0.25, 0.3) is 0 Å². The lowest BCUT2D eigenvalue weighted by molar-refractivity contribution is -0.198. The third-order valence-electron chi connectivity index (χ3n) is 1.80. The molecule has 1 heterocycles. The minimum atomic E-state index is -2.18. The molecule has 0 bridgehead atoms. The molecule has 1 aliphatic heterocycles. The number of aliphatic hydroxyl groups is 3. The summed E-state index contributed by atoms with van der Waals surface area (Å²) in [7, 11) is 0. The number of hydrogen-bond acceptors (Lipinski definition) is 6. The summed E-state index contributed by atoms with van der Waals surface area (Å²) in [6.45, 7) is 0.303. The number of ether oxygens (including phenoxy) is 1. The lowest BCUT2D eigenvalue weighted by Gasteiger charge is -2.17. The summed E-state index contributed by atoms with van der Waals surface area (Å²) in [5, 5.41) is 26.7. The largest absolute Gasteiger partial charge is 0.394 e. The standard InChI is InChI=1S/C7H10O6/c1-7(12)6(11)4(10)5(13-7)3(9)2-8/h3,5,8-9,12H,2H2,1H3. The van der Waals surface area contributed by atoms with Gasteiger partial charge in [0.2, 0.25) is 11.6 Å². The predicted octanol–water partition coefficient (Wildman–Crippen LogP) is -2.41. The van der Waals surface area contributed by atoms with Gasteiger partial charge in [-0.1, -0.05) is 0 Å². The van der Waals surface area contributed by atoms with Crippen LogP contribution >= 0.6 is 0 Å². The highest BCUT2D eigenvalue weighted by Gasteiger charge is 2.52. The van der Waals surface area contributed by atoms with Crippen LogP contribution in [0.5, 0.6) is 0 Å². The molecular weight excluding hydrogens is 180 g/mol. The molecule has 0 amide bonds. The Morgan fingerprint density at radius 3 is 2.46 bits per heavy atom. The molecule has 0 aliphatic carbocycles. The molecule has 74 valence electrons. The van der Waals surface area contributed by atoms with E-state index < -0.39 is 36.2 Å². The van der Waals surface area contributed by atoms with E-state index in [9.17, 15) is 9.59 Å². The molecule has 0 saturated carbocycles. The molecule has 3 N–H and O–H groups in total. The van der Waals surface area contributed by atoms with Gasteiger partial charge in [0.05, 0.1) is 6.61 Å². The second-order valence-electron chi connectivity index (χ2n) is 2.96. The molecule has 3 atom stereocenters. The zero-order chi connectivity index (χ0) is 10.2. The highest BCUT2D eigenvalue weighted by Crippen LogP contribution is 2.23. The number of rotatable bonds is 2. The molecule has 0 aromatic rings. The van der Waals surface area contributed by atoms with Crippen molar-refractivity contribution >= 4 is 11.6 Å². The van der Waals surface area contributed by atoms with E-state index in [0.29, 0.717) is 0 Å². The number of carbonyl (C=O) groups excluding carboxylic acids is 2. The van der Waals surface area contributed by atoms with E-state index >= 15 is 0 Å². The van der Waals surface area contributed by atoms with E-state index in [2.05, 4.69) is 4.74 Å². The fraction of sp³-hybridized carbons (Fsp3) is 0.714. The maximum atomic E-state index is 11.0. The average Bonchev–Trinajstić information content (AvgIpc) is 2.28. The molecule has 6 nitrogen and oxygen atoms in total. The number of aliphatic hydroxyl groups excluding tert-OH is 2. The van der Waals surface area contributed by atoms with E-state index in [1.54, 1.807) is 0 Å². The quantitative estimate of drug-likeness (QED) is 0.419. The molecule has 0 radical (unpaired) electrons. The van der Waals surface area contributed by atoms with Crippen LogP contribution < -0.4 is 0 Å². The fourth-order valence-electron chi connectivity index (χ4n) is 1.06. The van der Waals surface area contributed by atoms with Crippen LogP contribution in [0.2, 0.25) is 0 Å². The van der Waals surface area contributed by atoms with Crippen LogP contribution in [0.15, 0.2) is 0 Å². The Labute approximate surface area is 73.7 Å². The van der Waals surface area contributed by atoms with Gasteiger partial charge in [-0.15, -0.1) is 0 Å². The van der Waals surface area contributed by atoms with Gasteiger partial charge in [0, 0.05) is 0 Å². The van der Waals surface area contributed by atoms with Crippen LogP contribution in [0.1, 0.15) is 6.92 Å². The Balaban J connectivity index is 2.84. The van der Waals surface area contributed by atoms with Gasteiger partial charge >= 0.3 is 0 Å². The highest BCUT2D eigenvalue weighted by molar-refractivity contribution is 6.43. The Morgan fingerprint density at radius 1 is 1.62 bits per heavy atom. The van der Waals surface area contributed by atoms with Gasteiger partial charge in [0.25, 0.3) is 5.78 Å². The van der Waals surface area contributed by atoms with Crippen LogP contribution in [0, 0.1) is 0 Å². The third kappa shape index (κ3) is 1.61. The maximum absolute atomic E-state index is 11.0. The molecule has 6 heteroatoms. The number of hydrogen-bond donors (Lipinski definition) is 3. The van der Waals surface area contributed by atoms with Gasteiger partial charge in [-0.25, -0.2) is 0 Å². The first-order valence-electron chi connectivity index (χ1n) is 3.68. The van der Waals surface area contributed by atoms with E-state index in [0.717, 1.165) is 6.92 Å². The van der Waals surface area contributed by atoms with E-state index in [1.807, 2.05) is 0 Å². The summed E-state index contributed by atoms with van der Waals surface area (Å²) in [6, 6.07) is 0. The SMILES string of the molecule is CC1(O)OC(C(O)CO)C(=O)C1=O. The van der Waals surface area contributed by atoms with Crippen molar-refractivity contribution in [2.24, 2.45) is 0 Å².